The second-order valence-electron chi connectivity index (χ2n) is 6.11. The molecule has 22 heavy (non-hydrogen) atoms. The normalized spacial score (nSPS) is 11.1. The third-order valence-electron chi connectivity index (χ3n) is 3.35. The third-order valence-corrected chi connectivity index (χ3v) is 3.35. The molecule has 0 bridgehead atoms. The Hall–Kier alpha value is -2.08. The Morgan fingerprint density at radius 3 is 2.59 bits per heavy atom. The van der Waals surface area contributed by atoms with Crippen LogP contribution in [-0.2, 0) is 4.79 Å². The summed E-state index contributed by atoms with van der Waals surface area (Å²) in [5, 5.41) is 0. The Balaban J connectivity index is 2.45. The lowest BCUT2D eigenvalue weighted by atomic mass is 9.93. The number of nitrogens with zero attached hydrogens (tertiary/aromatic N) is 1. The molecule has 0 aliphatic carbocycles. The van der Waals surface area contributed by atoms with Crippen molar-refractivity contribution in [3.8, 4) is 5.75 Å². The largest absolute Gasteiger partial charge is 0.493 e. The summed E-state index contributed by atoms with van der Waals surface area (Å²) in [5.41, 5.74) is 11.1. The van der Waals surface area contributed by atoms with E-state index < -0.39 is 5.91 Å². The van der Waals surface area contributed by atoms with Crippen molar-refractivity contribution in [2.75, 3.05) is 26.7 Å². The highest BCUT2D eigenvalue weighted by Crippen LogP contribution is 2.15. The van der Waals surface area contributed by atoms with E-state index in [9.17, 15) is 9.59 Å². The maximum Gasteiger partial charge on any atom is 0.248 e. The molecule has 2 amide bonds. The number of primary amides is 1. The zero-order valence-corrected chi connectivity index (χ0v) is 13.5. The predicted octanol–water partition coefficient (Wildman–Crippen LogP) is 0.998. The first-order valence-electron chi connectivity index (χ1n) is 7.22. The first-order valence-corrected chi connectivity index (χ1v) is 7.22. The van der Waals surface area contributed by atoms with E-state index in [1.165, 1.54) is 0 Å². The van der Waals surface area contributed by atoms with E-state index >= 15 is 0 Å². The minimum Gasteiger partial charge on any atom is -0.493 e. The maximum absolute atomic E-state index is 12.0. The minimum absolute atomic E-state index is 0.00687. The molecule has 0 heterocycles. The van der Waals surface area contributed by atoms with Gasteiger partial charge in [0.2, 0.25) is 11.8 Å². The molecule has 0 unspecified atom stereocenters. The molecule has 1 aromatic carbocycles. The van der Waals surface area contributed by atoms with Crippen molar-refractivity contribution in [2.24, 2.45) is 16.9 Å². The molecule has 0 aromatic heterocycles. The van der Waals surface area contributed by atoms with Crippen LogP contribution < -0.4 is 16.2 Å². The van der Waals surface area contributed by atoms with Gasteiger partial charge in [-0.1, -0.05) is 19.9 Å². The van der Waals surface area contributed by atoms with Gasteiger partial charge in [0.1, 0.15) is 5.75 Å². The van der Waals surface area contributed by atoms with Gasteiger partial charge in [-0.15, -0.1) is 0 Å². The molecule has 0 radical (unpaired) electrons. The van der Waals surface area contributed by atoms with E-state index in [0.29, 0.717) is 24.4 Å². The summed E-state index contributed by atoms with van der Waals surface area (Å²) in [7, 11) is 1.76. The number of carbonyl (C=O) groups is 2. The summed E-state index contributed by atoms with van der Waals surface area (Å²) < 4.78 is 5.49. The second kappa shape index (κ2) is 7.79. The summed E-state index contributed by atoms with van der Waals surface area (Å²) in [6, 6.07) is 6.59. The van der Waals surface area contributed by atoms with E-state index in [1.54, 1.807) is 36.2 Å². The van der Waals surface area contributed by atoms with Crippen molar-refractivity contribution < 1.29 is 14.3 Å². The van der Waals surface area contributed by atoms with Crippen LogP contribution in [0.25, 0.3) is 0 Å². The van der Waals surface area contributed by atoms with Gasteiger partial charge in [0.05, 0.1) is 13.0 Å². The first-order chi connectivity index (χ1) is 10.2. The molecule has 0 spiro atoms. The molecule has 0 saturated heterocycles. The third kappa shape index (κ3) is 5.73. The molecule has 122 valence electrons. The Morgan fingerprint density at radius 2 is 2.00 bits per heavy atom. The van der Waals surface area contributed by atoms with Crippen LogP contribution in [0.5, 0.6) is 5.75 Å². The highest BCUT2D eigenvalue weighted by molar-refractivity contribution is 5.93. The van der Waals surface area contributed by atoms with E-state index in [-0.39, 0.29) is 24.3 Å². The lowest BCUT2D eigenvalue weighted by Crippen LogP contribution is -2.40. The summed E-state index contributed by atoms with van der Waals surface area (Å²) in [6.45, 7) is 5.39. The molecule has 1 aromatic rings. The van der Waals surface area contributed by atoms with Crippen LogP contribution in [0, 0.1) is 5.41 Å². The molecule has 0 aliphatic heterocycles. The van der Waals surface area contributed by atoms with Gasteiger partial charge in [-0.2, -0.15) is 0 Å². The van der Waals surface area contributed by atoms with Crippen molar-refractivity contribution in [1.29, 1.82) is 0 Å². The van der Waals surface area contributed by atoms with Gasteiger partial charge in [0.15, 0.2) is 0 Å². The quantitative estimate of drug-likeness (QED) is 0.748. The van der Waals surface area contributed by atoms with Crippen molar-refractivity contribution in [3.63, 3.8) is 0 Å². The van der Waals surface area contributed by atoms with Gasteiger partial charge in [-0.25, -0.2) is 0 Å². The van der Waals surface area contributed by atoms with E-state index in [1.807, 2.05) is 13.8 Å². The zero-order valence-electron chi connectivity index (χ0n) is 13.5. The van der Waals surface area contributed by atoms with E-state index in [2.05, 4.69) is 0 Å². The fraction of sp³-hybridized carbons (Fsp3) is 0.500. The number of nitrogens with two attached hydrogens (primary N) is 2. The topological polar surface area (TPSA) is 98.7 Å². The second-order valence-corrected chi connectivity index (χ2v) is 6.11. The Morgan fingerprint density at radius 1 is 1.32 bits per heavy atom. The highest BCUT2D eigenvalue weighted by atomic mass is 16.5. The van der Waals surface area contributed by atoms with Gasteiger partial charge in [0, 0.05) is 19.2 Å². The number of benzene rings is 1. The summed E-state index contributed by atoms with van der Waals surface area (Å²) in [4.78, 5) is 24.8. The van der Waals surface area contributed by atoms with E-state index in [4.69, 9.17) is 16.2 Å². The van der Waals surface area contributed by atoms with Crippen molar-refractivity contribution in [2.45, 2.75) is 20.3 Å². The summed E-state index contributed by atoms with van der Waals surface area (Å²) in [6.07, 6.45) is 0.262. The Labute approximate surface area is 131 Å². The Kier molecular flexibility index (Phi) is 6.37. The van der Waals surface area contributed by atoms with Crippen molar-refractivity contribution >= 4 is 11.8 Å². The Bertz CT molecular complexity index is 529. The molecular formula is C16H25N3O3. The number of hydrogen-bond acceptors (Lipinski definition) is 4. The molecule has 1 rings (SSSR count). The average Bonchev–Trinajstić information content (AvgIpc) is 2.47. The monoisotopic (exact) mass is 307 g/mol. The fourth-order valence-electron chi connectivity index (χ4n) is 1.98. The summed E-state index contributed by atoms with van der Waals surface area (Å²) >= 11 is 0. The van der Waals surface area contributed by atoms with Gasteiger partial charge in [-0.05, 0) is 30.2 Å². The van der Waals surface area contributed by atoms with Gasteiger partial charge in [0.25, 0.3) is 0 Å². The predicted molar refractivity (Wildman–Crippen MR) is 85.5 cm³/mol. The van der Waals surface area contributed by atoms with Crippen molar-refractivity contribution in [3.05, 3.63) is 29.8 Å². The highest BCUT2D eigenvalue weighted by Gasteiger charge is 2.20. The smallest absolute Gasteiger partial charge is 0.248 e. The molecule has 0 atom stereocenters. The van der Waals surface area contributed by atoms with Crippen LogP contribution in [0.3, 0.4) is 0 Å². The fourth-order valence-corrected chi connectivity index (χ4v) is 1.98. The average molecular weight is 307 g/mol. The van der Waals surface area contributed by atoms with E-state index in [0.717, 1.165) is 0 Å². The van der Waals surface area contributed by atoms with Crippen LogP contribution in [0.15, 0.2) is 24.3 Å². The molecule has 0 fully saturated rings. The lowest BCUT2D eigenvalue weighted by molar-refractivity contribution is -0.131. The molecule has 0 saturated carbocycles. The number of rotatable bonds is 8. The molecule has 6 nitrogen and oxygen atoms in total. The van der Waals surface area contributed by atoms with Gasteiger partial charge < -0.3 is 21.1 Å². The number of hydrogen-bond donors (Lipinski definition) is 2. The lowest BCUT2D eigenvalue weighted by Gasteiger charge is -2.29. The van der Waals surface area contributed by atoms with Crippen LogP contribution in [-0.4, -0.2) is 43.5 Å². The minimum atomic E-state index is -0.509. The first kappa shape index (κ1) is 18.0. The standard InChI is InChI=1S/C16H25N3O3/c1-16(2,10-17)11-19(3)14(20)7-8-22-13-6-4-5-12(9-13)15(18)21/h4-6,9H,7-8,10-11,17H2,1-3H3,(H2,18,21). The SMILES string of the molecule is CN(CC(C)(C)CN)C(=O)CCOc1cccc(C(N)=O)c1. The maximum atomic E-state index is 12.0. The van der Waals surface area contributed by atoms with Crippen LogP contribution in [0.1, 0.15) is 30.6 Å². The zero-order chi connectivity index (χ0) is 16.8. The van der Waals surface area contributed by atoms with Crippen LogP contribution >= 0.6 is 0 Å². The summed E-state index contributed by atoms with van der Waals surface area (Å²) in [5.74, 6) is 0.00639. The molecule has 0 aliphatic rings. The number of amides is 2. The van der Waals surface area contributed by atoms with Crippen LogP contribution in [0.4, 0.5) is 0 Å². The number of carbonyl (C=O) groups excluding carboxylic acids is 2. The number of ether oxygens (including phenoxy) is 1. The molecule has 4 N–H and O–H groups in total. The van der Waals surface area contributed by atoms with Gasteiger partial charge >= 0.3 is 0 Å². The molecular weight excluding hydrogens is 282 g/mol. The molecule has 6 heteroatoms. The van der Waals surface area contributed by atoms with Crippen molar-refractivity contribution in [1.82, 2.24) is 4.90 Å². The van der Waals surface area contributed by atoms with Crippen LogP contribution in [0.2, 0.25) is 0 Å². The van der Waals surface area contributed by atoms with Gasteiger partial charge in [-0.3, -0.25) is 9.59 Å².